The summed E-state index contributed by atoms with van der Waals surface area (Å²) in [6.07, 6.45) is 0. The number of hydrogen-bond acceptors (Lipinski definition) is 4. The highest BCUT2D eigenvalue weighted by molar-refractivity contribution is 7.88. The Kier molecular flexibility index (Phi) is 4.87. The molecule has 0 fully saturated rings. The van der Waals surface area contributed by atoms with E-state index in [1.807, 2.05) is 0 Å². The maximum absolute atomic E-state index is 12.4. The Labute approximate surface area is 94.4 Å². The van der Waals surface area contributed by atoms with Crippen LogP contribution in [0.4, 0.5) is 26.3 Å². The van der Waals surface area contributed by atoms with Crippen LogP contribution >= 0.6 is 0 Å². The molecule has 0 aromatic rings. The number of hydrogen-bond donors (Lipinski definition) is 2. The molecule has 0 rings (SSSR count). The average Bonchev–Trinajstić information content (AvgIpc) is 1.98. The number of rotatable bonds is 4. The maximum atomic E-state index is 12.4. The minimum atomic E-state index is -7.08. The summed E-state index contributed by atoms with van der Waals surface area (Å²) in [5.41, 5.74) is 0. The van der Waals surface area contributed by atoms with Gasteiger partial charge in [0.2, 0.25) is 0 Å². The fourth-order valence-corrected chi connectivity index (χ4v) is 1.46. The highest BCUT2D eigenvalue weighted by Crippen LogP contribution is 2.50. The van der Waals surface area contributed by atoms with Crippen molar-refractivity contribution in [1.82, 2.24) is 0 Å². The van der Waals surface area contributed by atoms with Gasteiger partial charge in [0, 0.05) is 0 Å². The van der Waals surface area contributed by atoms with E-state index in [-0.39, 0.29) is 4.70 Å². The predicted molar refractivity (Wildman–Crippen MR) is 37.9 cm³/mol. The van der Waals surface area contributed by atoms with Crippen LogP contribution in [0.25, 0.3) is 0 Å². The summed E-state index contributed by atoms with van der Waals surface area (Å²) in [7, 11) is -14.1. The van der Waals surface area contributed by atoms with Gasteiger partial charge in [0.25, 0.3) is 0 Å². The topological polar surface area (TPSA) is 109 Å². The molecule has 15 heteroatoms. The Balaban J connectivity index is 0. The van der Waals surface area contributed by atoms with Crippen molar-refractivity contribution in [3.63, 3.8) is 0 Å². The molecule has 0 heterocycles. The third-order valence-corrected chi connectivity index (χ3v) is 3.19. The quantitative estimate of drug-likeness (QED) is 0.439. The van der Waals surface area contributed by atoms with Gasteiger partial charge in [0.05, 0.1) is 0 Å². The molecule has 18 heavy (non-hydrogen) atoms. The van der Waals surface area contributed by atoms with Crippen LogP contribution < -0.4 is 4.70 Å². The molecule has 0 aliphatic rings. The van der Waals surface area contributed by atoms with Crippen molar-refractivity contribution in [1.29, 1.82) is 0 Å². The summed E-state index contributed by atoms with van der Waals surface area (Å²) >= 11 is 0. The first-order valence-electron chi connectivity index (χ1n) is 3.07. The second kappa shape index (κ2) is 4.46. The number of halogens is 7. The maximum Gasteiger partial charge on any atom is 0.439 e. The van der Waals surface area contributed by atoms with Gasteiger partial charge in [-0.2, -0.15) is 43.2 Å². The molecule has 0 unspecified atom stereocenters. The molecule has 0 aromatic heterocycles. The third kappa shape index (κ3) is 2.52. The predicted octanol–water partition coefficient (Wildman–Crippen LogP) is -2.41. The molecule has 0 aliphatic carbocycles. The molecule has 0 bridgehead atoms. The van der Waals surface area contributed by atoms with Crippen LogP contribution in [-0.2, 0) is 20.2 Å². The van der Waals surface area contributed by atoms with E-state index in [0.717, 1.165) is 0 Å². The summed E-state index contributed by atoms with van der Waals surface area (Å²) in [5, 5.41) is -13.6. The van der Waals surface area contributed by atoms with Gasteiger partial charge in [-0.15, -0.1) is 0 Å². The second-order valence-electron chi connectivity index (χ2n) is 2.56. The van der Waals surface area contributed by atoms with E-state index in [0.29, 0.717) is 0 Å². The first-order chi connectivity index (χ1) is 7.00. The fourth-order valence-electron chi connectivity index (χ4n) is 0.493. The van der Waals surface area contributed by atoms with Gasteiger partial charge in [-0.1, -0.05) is 0 Å². The lowest BCUT2D eigenvalue weighted by atomic mass is 10.3. The zero-order valence-corrected chi connectivity index (χ0v) is 9.12. The summed E-state index contributed by atoms with van der Waals surface area (Å²) in [6.45, 7) is 0. The molecular formula is C3H2F7O6S2-. The highest BCUT2D eigenvalue weighted by Gasteiger charge is 2.82. The third-order valence-electron chi connectivity index (χ3n) is 1.38. The van der Waals surface area contributed by atoms with E-state index >= 15 is 0 Å². The second-order valence-corrected chi connectivity index (χ2v) is 5.48. The average molecular weight is 331 g/mol. The molecule has 112 valence electrons. The molecule has 0 aliphatic heterocycles. The molecule has 6 nitrogen and oxygen atoms in total. The van der Waals surface area contributed by atoms with Gasteiger partial charge < -0.3 is 4.70 Å². The van der Waals surface area contributed by atoms with Crippen molar-refractivity contribution in [2.45, 2.75) is 16.4 Å². The van der Waals surface area contributed by atoms with Gasteiger partial charge in [0.1, 0.15) is 0 Å². The zero-order chi connectivity index (χ0) is 14.5. The lowest BCUT2D eigenvalue weighted by Gasteiger charge is -2.28. The minimum Gasteiger partial charge on any atom is -1.00 e. The zero-order valence-electron chi connectivity index (χ0n) is 7.49. The minimum absolute atomic E-state index is 0. The summed E-state index contributed by atoms with van der Waals surface area (Å²) in [4.78, 5) is 0. The van der Waals surface area contributed by atoms with Crippen LogP contribution in [0, 0.1) is 0 Å². The SMILES string of the molecule is O=S(=O)(O)C(F)(F)C(F)(F)C(F)(F)S(=O)(=O)O.[F-]. The van der Waals surface area contributed by atoms with Crippen molar-refractivity contribution in [3.05, 3.63) is 0 Å². The summed E-state index contributed by atoms with van der Waals surface area (Å²) < 4.78 is 128. The molecule has 0 amide bonds. The summed E-state index contributed by atoms with van der Waals surface area (Å²) in [6, 6.07) is 0. The van der Waals surface area contributed by atoms with Gasteiger partial charge in [-0.3, -0.25) is 9.11 Å². The van der Waals surface area contributed by atoms with E-state index in [1.165, 1.54) is 0 Å². The number of alkyl halides is 6. The Morgan fingerprint density at radius 2 is 0.833 bits per heavy atom. The van der Waals surface area contributed by atoms with Crippen LogP contribution in [0.15, 0.2) is 0 Å². The van der Waals surface area contributed by atoms with Crippen molar-refractivity contribution in [3.8, 4) is 0 Å². The van der Waals surface area contributed by atoms with Crippen LogP contribution in [0.2, 0.25) is 0 Å². The van der Waals surface area contributed by atoms with Crippen LogP contribution in [0.1, 0.15) is 0 Å². The molecule has 2 N–H and O–H groups in total. The van der Waals surface area contributed by atoms with Crippen molar-refractivity contribution >= 4 is 20.2 Å². The molecule has 0 saturated heterocycles. The van der Waals surface area contributed by atoms with E-state index in [1.54, 1.807) is 0 Å². The van der Waals surface area contributed by atoms with Gasteiger partial charge in [0.15, 0.2) is 0 Å². The largest absolute Gasteiger partial charge is 1.00 e. The Morgan fingerprint density at radius 1 is 0.667 bits per heavy atom. The monoisotopic (exact) mass is 331 g/mol. The van der Waals surface area contributed by atoms with Gasteiger partial charge in [-0.05, 0) is 0 Å². The molecular weight excluding hydrogens is 329 g/mol. The fraction of sp³-hybridized carbons (Fsp3) is 1.00. The lowest BCUT2D eigenvalue weighted by Crippen LogP contribution is -3.00. The normalized spacial score (nSPS) is 15.1. The van der Waals surface area contributed by atoms with Crippen LogP contribution in [0.3, 0.4) is 0 Å². The summed E-state index contributed by atoms with van der Waals surface area (Å²) in [5.74, 6) is -7.08. The van der Waals surface area contributed by atoms with Gasteiger partial charge >= 0.3 is 36.7 Å². The Hall–Kier alpha value is -0.670. The lowest BCUT2D eigenvalue weighted by molar-refractivity contribution is -0.247. The molecule has 0 saturated carbocycles. The Morgan fingerprint density at radius 3 is 0.944 bits per heavy atom. The molecule has 0 radical (unpaired) electrons. The van der Waals surface area contributed by atoms with Crippen LogP contribution in [-0.4, -0.2) is 42.4 Å². The van der Waals surface area contributed by atoms with Gasteiger partial charge in [-0.25, -0.2) is 0 Å². The Bertz CT molecular complexity index is 459. The van der Waals surface area contributed by atoms with Crippen molar-refractivity contribution in [2.24, 2.45) is 0 Å². The van der Waals surface area contributed by atoms with E-state index in [2.05, 4.69) is 0 Å². The van der Waals surface area contributed by atoms with Crippen LogP contribution in [0.5, 0.6) is 0 Å². The first-order valence-corrected chi connectivity index (χ1v) is 5.95. The van der Waals surface area contributed by atoms with E-state index in [4.69, 9.17) is 9.11 Å². The smallest absolute Gasteiger partial charge is 0.439 e. The highest BCUT2D eigenvalue weighted by atomic mass is 32.2. The molecule has 0 aromatic carbocycles. The van der Waals surface area contributed by atoms with E-state index in [9.17, 15) is 43.2 Å². The van der Waals surface area contributed by atoms with E-state index < -0.39 is 36.7 Å². The van der Waals surface area contributed by atoms with Crippen molar-refractivity contribution in [2.75, 3.05) is 0 Å². The van der Waals surface area contributed by atoms with Crippen molar-refractivity contribution < 1.29 is 57.0 Å². The molecule has 0 atom stereocenters. The molecule has 0 spiro atoms. The standard InChI is InChI=1S/C3H2F6O6S2.FH/c4-1(5,2(6,7)16(10,11)12)3(8,9)17(13,14)15;/h(H,10,11,12)(H,13,14,15);1H/p-1. The first kappa shape index (κ1) is 19.7.